The first-order valence-corrected chi connectivity index (χ1v) is 9.80. The molecule has 2 aromatic heterocycles. The van der Waals surface area contributed by atoms with Crippen molar-refractivity contribution in [3.8, 4) is 11.5 Å². The van der Waals surface area contributed by atoms with Gasteiger partial charge in [0.1, 0.15) is 5.69 Å². The quantitative estimate of drug-likeness (QED) is 0.552. The third kappa shape index (κ3) is 3.30. The number of benzene rings is 2. The number of nitrogens with zero attached hydrogens (tertiary/aromatic N) is 4. The minimum absolute atomic E-state index is 0.0391. The number of rotatable bonds is 3. The number of fused-ring (bicyclic) bond motifs is 1. The van der Waals surface area contributed by atoms with Crippen LogP contribution in [0.1, 0.15) is 22.5 Å². The third-order valence-electron chi connectivity index (χ3n) is 5.26. The molecule has 0 bridgehead atoms. The van der Waals surface area contributed by atoms with Crippen LogP contribution in [0.2, 0.25) is 0 Å². The number of nitrogens with two attached hydrogens (primary N) is 1. The number of imidazole rings is 1. The van der Waals surface area contributed by atoms with Gasteiger partial charge in [0, 0.05) is 18.7 Å². The molecule has 3 N–H and O–H groups in total. The van der Waals surface area contributed by atoms with Crippen LogP contribution in [-0.2, 0) is 0 Å². The number of aromatic amines is 1. The summed E-state index contributed by atoms with van der Waals surface area (Å²) >= 11 is 0. The lowest BCUT2D eigenvalue weighted by Gasteiger charge is -2.26. The molecule has 1 aliphatic rings. The Morgan fingerprint density at radius 3 is 2.60 bits per heavy atom. The van der Waals surface area contributed by atoms with Gasteiger partial charge in [-0.1, -0.05) is 36.4 Å². The summed E-state index contributed by atoms with van der Waals surface area (Å²) in [7, 11) is 0. The molecule has 30 heavy (non-hydrogen) atoms. The molecule has 0 unspecified atom stereocenters. The summed E-state index contributed by atoms with van der Waals surface area (Å²) in [4.78, 5) is 31.4. The van der Waals surface area contributed by atoms with Gasteiger partial charge in [0.25, 0.3) is 5.91 Å². The Balaban J connectivity index is 1.41. The summed E-state index contributed by atoms with van der Waals surface area (Å²) in [6.07, 6.45) is 4.42. The van der Waals surface area contributed by atoms with E-state index < -0.39 is 0 Å². The van der Waals surface area contributed by atoms with Gasteiger partial charge in [-0.3, -0.25) is 4.79 Å². The van der Waals surface area contributed by atoms with E-state index in [1.165, 1.54) is 0 Å². The van der Waals surface area contributed by atoms with Gasteiger partial charge in [0.15, 0.2) is 11.6 Å². The summed E-state index contributed by atoms with van der Waals surface area (Å²) in [5, 5.41) is 0. The van der Waals surface area contributed by atoms with E-state index in [9.17, 15) is 4.79 Å². The smallest absolute Gasteiger partial charge is 0.254 e. The second-order valence-corrected chi connectivity index (χ2v) is 7.19. The molecule has 0 radical (unpaired) electrons. The first kappa shape index (κ1) is 18.1. The van der Waals surface area contributed by atoms with Crippen LogP contribution in [0.5, 0.6) is 0 Å². The number of aromatic nitrogens is 4. The van der Waals surface area contributed by atoms with Crippen LogP contribution in [0.15, 0.2) is 66.9 Å². The normalized spacial score (nSPS) is 14.0. The Morgan fingerprint density at radius 1 is 1.03 bits per heavy atom. The predicted octanol–water partition coefficient (Wildman–Crippen LogP) is 3.53. The largest absolute Gasteiger partial charge is 0.382 e. The van der Waals surface area contributed by atoms with Crippen molar-refractivity contribution in [3.05, 3.63) is 78.1 Å². The fourth-order valence-electron chi connectivity index (χ4n) is 3.64. The summed E-state index contributed by atoms with van der Waals surface area (Å²) in [5.41, 5.74) is 10.9. The van der Waals surface area contributed by atoms with Gasteiger partial charge in [0.05, 0.1) is 22.9 Å². The average molecular weight is 396 g/mol. The van der Waals surface area contributed by atoms with Gasteiger partial charge in [-0.25, -0.2) is 15.0 Å². The van der Waals surface area contributed by atoms with Crippen molar-refractivity contribution in [2.24, 2.45) is 0 Å². The number of hydrogen-bond acceptors (Lipinski definition) is 5. The maximum atomic E-state index is 12.7. The molecular weight excluding hydrogens is 376 g/mol. The van der Waals surface area contributed by atoms with Crippen LogP contribution < -0.4 is 5.73 Å². The Bertz CT molecular complexity index is 1230. The van der Waals surface area contributed by atoms with E-state index in [2.05, 4.69) is 15.0 Å². The first-order chi connectivity index (χ1) is 14.7. The van der Waals surface area contributed by atoms with E-state index in [-0.39, 0.29) is 5.91 Å². The Kier molecular flexibility index (Phi) is 4.48. The standard InChI is InChI=1S/C23H20N6O/c24-21-20(22-27-17-8-4-5-9-18(17)28-22)26-19(14-25-21)15-10-12-29(13-11-15)23(30)16-6-2-1-3-7-16/h1-10,14H,11-13H2,(H2,24,25)(H,27,28). The van der Waals surface area contributed by atoms with E-state index in [4.69, 9.17) is 10.7 Å². The molecule has 4 aromatic rings. The number of H-pyrrole nitrogens is 1. The van der Waals surface area contributed by atoms with Crippen molar-refractivity contribution >= 4 is 28.3 Å². The van der Waals surface area contributed by atoms with Crippen molar-refractivity contribution < 1.29 is 4.79 Å². The number of nitrogens with one attached hydrogen (secondary N) is 1. The lowest BCUT2D eigenvalue weighted by Crippen LogP contribution is -2.34. The summed E-state index contributed by atoms with van der Waals surface area (Å²) < 4.78 is 0. The van der Waals surface area contributed by atoms with Crippen LogP contribution >= 0.6 is 0 Å². The van der Waals surface area contributed by atoms with Crippen LogP contribution in [0.3, 0.4) is 0 Å². The zero-order valence-corrected chi connectivity index (χ0v) is 16.2. The van der Waals surface area contributed by atoms with E-state index >= 15 is 0 Å². The van der Waals surface area contributed by atoms with Crippen LogP contribution in [0.25, 0.3) is 28.1 Å². The molecule has 0 spiro atoms. The fourth-order valence-corrected chi connectivity index (χ4v) is 3.64. The average Bonchev–Trinajstić information content (AvgIpc) is 3.24. The number of hydrogen-bond donors (Lipinski definition) is 2. The highest BCUT2D eigenvalue weighted by molar-refractivity contribution is 5.94. The lowest BCUT2D eigenvalue weighted by molar-refractivity contribution is 0.0773. The molecule has 0 saturated carbocycles. The van der Waals surface area contributed by atoms with Gasteiger partial charge in [-0.05, 0) is 36.3 Å². The maximum absolute atomic E-state index is 12.7. The van der Waals surface area contributed by atoms with Crippen molar-refractivity contribution in [2.75, 3.05) is 18.8 Å². The maximum Gasteiger partial charge on any atom is 0.254 e. The Morgan fingerprint density at radius 2 is 1.83 bits per heavy atom. The molecule has 1 aliphatic heterocycles. The molecule has 0 atom stereocenters. The second-order valence-electron chi connectivity index (χ2n) is 7.19. The van der Waals surface area contributed by atoms with Crippen LogP contribution in [-0.4, -0.2) is 43.8 Å². The minimum Gasteiger partial charge on any atom is -0.382 e. The SMILES string of the molecule is Nc1ncc(C2=CCN(C(=O)c3ccccc3)CC2)nc1-c1nc2ccccc2[nH]1. The lowest BCUT2D eigenvalue weighted by atomic mass is 10.0. The number of para-hydroxylation sites is 2. The van der Waals surface area contributed by atoms with Crippen molar-refractivity contribution in [3.63, 3.8) is 0 Å². The molecule has 0 fully saturated rings. The number of nitrogen functional groups attached to an aromatic ring is 1. The topological polar surface area (TPSA) is 101 Å². The third-order valence-corrected chi connectivity index (χ3v) is 5.26. The summed E-state index contributed by atoms with van der Waals surface area (Å²) in [6, 6.07) is 17.1. The molecule has 3 heterocycles. The van der Waals surface area contributed by atoms with E-state index in [1.807, 2.05) is 65.6 Å². The molecule has 1 amide bonds. The van der Waals surface area contributed by atoms with Gasteiger partial charge in [0.2, 0.25) is 0 Å². The summed E-state index contributed by atoms with van der Waals surface area (Å²) in [5.74, 6) is 0.965. The molecule has 0 saturated heterocycles. The molecule has 7 nitrogen and oxygen atoms in total. The molecule has 0 aliphatic carbocycles. The van der Waals surface area contributed by atoms with E-state index in [1.54, 1.807) is 6.20 Å². The second kappa shape index (κ2) is 7.44. The molecule has 5 rings (SSSR count). The number of anilines is 1. The minimum atomic E-state index is 0.0391. The van der Waals surface area contributed by atoms with Crippen LogP contribution in [0.4, 0.5) is 5.82 Å². The zero-order chi connectivity index (χ0) is 20.5. The van der Waals surface area contributed by atoms with E-state index in [0.717, 1.165) is 22.3 Å². The van der Waals surface area contributed by atoms with Gasteiger partial charge in [-0.2, -0.15) is 0 Å². The van der Waals surface area contributed by atoms with Gasteiger partial charge >= 0.3 is 0 Å². The fraction of sp³-hybridized carbons (Fsp3) is 0.130. The van der Waals surface area contributed by atoms with E-state index in [0.29, 0.717) is 42.4 Å². The van der Waals surface area contributed by atoms with Gasteiger partial charge < -0.3 is 15.6 Å². The van der Waals surface area contributed by atoms with Gasteiger partial charge in [-0.15, -0.1) is 0 Å². The Labute approximate surface area is 173 Å². The highest BCUT2D eigenvalue weighted by atomic mass is 16.2. The molecule has 7 heteroatoms. The molecule has 148 valence electrons. The highest BCUT2D eigenvalue weighted by Crippen LogP contribution is 2.27. The monoisotopic (exact) mass is 396 g/mol. The molecule has 2 aromatic carbocycles. The summed E-state index contributed by atoms with van der Waals surface area (Å²) in [6.45, 7) is 1.17. The van der Waals surface area contributed by atoms with Crippen molar-refractivity contribution in [1.82, 2.24) is 24.8 Å². The van der Waals surface area contributed by atoms with Crippen molar-refractivity contribution in [2.45, 2.75) is 6.42 Å². The van der Waals surface area contributed by atoms with Crippen molar-refractivity contribution in [1.29, 1.82) is 0 Å². The number of amides is 1. The zero-order valence-electron chi connectivity index (χ0n) is 16.2. The predicted molar refractivity (Wildman–Crippen MR) is 116 cm³/mol. The number of carbonyl (C=O) groups excluding carboxylic acids is 1. The number of carbonyl (C=O) groups is 1. The van der Waals surface area contributed by atoms with Crippen LogP contribution in [0, 0.1) is 0 Å². The highest BCUT2D eigenvalue weighted by Gasteiger charge is 2.21. The first-order valence-electron chi connectivity index (χ1n) is 9.80. The Hall–Kier alpha value is -4.00. The molecular formula is C23H20N6O.